The maximum Gasteiger partial charge on any atom is 0.0623 e. The van der Waals surface area contributed by atoms with Crippen LogP contribution in [-0.2, 0) is 4.74 Å². The van der Waals surface area contributed by atoms with E-state index in [1.807, 2.05) is 0 Å². The Morgan fingerprint density at radius 2 is 1.89 bits per heavy atom. The fourth-order valence-electron chi connectivity index (χ4n) is 2.05. The molecule has 1 aromatic carbocycles. The van der Waals surface area contributed by atoms with Gasteiger partial charge in [0.2, 0.25) is 0 Å². The lowest BCUT2D eigenvalue weighted by Gasteiger charge is -2.26. The highest BCUT2D eigenvalue weighted by Crippen LogP contribution is 2.25. The number of rotatable bonds is 8. The average molecular weight is 249 g/mol. The lowest BCUT2D eigenvalue weighted by Crippen LogP contribution is -2.26. The Morgan fingerprint density at radius 3 is 2.44 bits per heavy atom. The SMILES string of the molecule is CCNCC(CCC(C)(C)OC)c1ccccc1. The summed E-state index contributed by atoms with van der Waals surface area (Å²) in [6, 6.07) is 10.8. The summed E-state index contributed by atoms with van der Waals surface area (Å²) in [7, 11) is 1.79. The van der Waals surface area contributed by atoms with Gasteiger partial charge in [-0.1, -0.05) is 37.3 Å². The molecule has 1 unspecified atom stereocenters. The third kappa shape index (κ3) is 5.19. The molecular formula is C16H27NO. The second-order valence-corrected chi connectivity index (χ2v) is 5.42. The fraction of sp³-hybridized carbons (Fsp3) is 0.625. The summed E-state index contributed by atoms with van der Waals surface area (Å²) in [5, 5.41) is 3.46. The maximum absolute atomic E-state index is 5.51. The second kappa shape index (κ2) is 7.55. The smallest absolute Gasteiger partial charge is 0.0623 e. The average Bonchev–Trinajstić information content (AvgIpc) is 2.40. The number of hydrogen-bond acceptors (Lipinski definition) is 2. The Kier molecular flexibility index (Phi) is 6.37. The molecule has 0 aliphatic carbocycles. The van der Waals surface area contributed by atoms with Crippen LogP contribution in [0.4, 0.5) is 0 Å². The van der Waals surface area contributed by atoms with Gasteiger partial charge >= 0.3 is 0 Å². The zero-order chi connectivity index (χ0) is 13.4. The van der Waals surface area contributed by atoms with Crippen LogP contribution in [0, 0.1) is 0 Å². The fourth-order valence-corrected chi connectivity index (χ4v) is 2.05. The number of likely N-dealkylation sites (N-methyl/N-ethyl adjacent to an activating group) is 1. The summed E-state index contributed by atoms with van der Waals surface area (Å²) in [6.07, 6.45) is 2.23. The molecule has 1 aromatic rings. The largest absolute Gasteiger partial charge is 0.379 e. The highest BCUT2D eigenvalue weighted by Gasteiger charge is 2.19. The van der Waals surface area contributed by atoms with Crippen molar-refractivity contribution in [1.29, 1.82) is 0 Å². The monoisotopic (exact) mass is 249 g/mol. The van der Waals surface area contributed by atoms with Crippen molar-refractivity contribution >= 4 is 0 Å². The van der Waals surface area contributed by atoms with E-state index in [4.69, 9.17) is 4.74 Å². The van der Waals surface area contributed by atoms with Crippen molar-refractivity contribution in [1.82, 2.24) is 5.32 Å². The number of benzene rings is 1. The minimum absolute atomic E-state index is 0.0285. The van der Waals surface area contributed by atoms with E-state index >= 15 is 0 Å². The second-order valence-electron chi connectivity index (χ2n) is 5.42. The van der Waals surface area contributed by atoms with Crippen LogP contribution in [0.1, 0.15) is 45.1 Å². The van der Waals surface area contributed by atoms with E-state index in [0.29, 0.717) is 5.92 Å². The third-order valence-electron chi connectivity index (χ3n) is 3.56. The van der Waals surface area contributed by atoms with Gasteiger partial charge in [0.15, 0.2) is 0 Å². The lowest BCUT2D eigenvalue weighted by molar-refractivity contribution is 0.0124. The van der Waals surface area contributed by atoms with E-state index in [9.17, 15) is 0 Å². The van der Waals surface area contributed by atoms with Gasteiger partial charge in [-0.3, -0.25) is 0 Å². The predicted molar refractivity (Wildman–Crippen MR) is 78.0 cm³/mol. The number of ether oxygens (including phenoxy) is 1. The van der Waals surface area contributed by atoms with E-state index in [2.05, 4.69) is 56.4 Å². The summed E-state index contributed by atoms with van der Waals surface area (Å²) in [6.45, 7) is 8.53. The molecule has 1 N–H and O–H groups in total. The molecule has 0 spiro atoms. The molecule has 2 heteroatoms. The van der Waals surface area contributed by atoms with Crippen LogP contribution in [0.3, 0.4) is 0 Å². The first-order valence-electron chi connectivity index (χ1n) is 6.90. The molecule has 0 bridgehead atoms. The lowest BCUT2D eigenvalue weighted by atomic mass is 9.89. The van der Waals surface area contributed by atoms with Crippen molar-refractivity contribution in [2.75, 3.05) is 20.2 Å². The maximum atomic E-state index is 5.51. The van der Waals surface area contributed by atoms with Gasteiger partial charge in [0.05, 0.1) is 5.60 Å². The van der Waals surface area contributed by atoms with Gasteiger partial charge in [-0.05, 0) is 44.7 Å². The number of methoxy groups -OCH3 is 1. The van der Waals surface area contributed by atoms with E-state index in [0.717, 1.165) is 25.9 Å². The number of nitrogens with one attached hydrogen (secondary N) is 1. The molecule has 2 nitrogen and oxygen atoms in total. The summed E-state index contributed by atoms with van der Waals surface area (Å²) >= 11 is 0. The van der Waals surface area contributed by atoms with Crippen molar-refractivity contribution in [2.24, 2.45) is 0 Å². The van der Waals surface area contributed by atoms with Crippen LogP contribution in [-0.4, -0.2) is 25.8 Å². The summed E-state index contributed by atoms with van der Waals surface area (Å²) in [4.78, 5) is 0. The molecule has 0 radical (unpaired) electrons. The van der Waals surface area contributed by atoms with Gasteiger partial charge in [-0.25, -0.2) is 0 Å². The molecule has 1 atom stereocenters. The first-order valence-corrected chi connectivity index (χ1v) is 6.90. The number of hydrogen-bond donors (Lipinski definition) is 1. The molecule has 0 amide bonds. The van der Waals surface area contributed by atoms with Gasteiger partial charge in [0.25, 0.3) is 0 Å². The van der Waals surface area contributed by atoms with Crippen molar-refractivity contribution in [3.63, 3.8) is 0 Å². The minimum Gasteiger partial charge on any atom is -0.379 e. The van der Waals surface area contributed by atoms with E-state index < -0.39 is 0 Å². The van der Waals surface area contributed by atoms with E-state index in [1.165, 1.54) is 5.56 Å². The molecule has 1 rings (SSSR count). The van der Waals surface area contributed by atoms with Gasteiger partial charge in [-0.2, -0.15) is 0 Å². The van der Waals surface area contributed by atoms with Crippen molar-refractivity contribution < 1.29 is 4.74 Å². The Labute approximate surface area is 112 Å². The molecule has 0 saturated carbocycles. The first-order chi connectivity index (χ1) is 8.59. The molecule has 18 heavy (non-hydrogen) atoms. The quantitative estimate of drug-likeness (QED) is 0.760. The standard InChI is InChI=1S/C16H27NO/c1-5-17-13-15(11-12-16(2,3)18-4)14-9-7-6-8-10-14/h6-10,15,17H,5,11-13H2,1-4H3. The summed E-state index contributed by atoms with van der Waals surface area (Å²) < 4.78 is 5.51. The summed E-state index contributed by atoms with van der Waals surface area (Å²) in [5.74, 6) is 0.570. The van der Waals surface area contributed by atoms with Crippen molar-refractivity contribution in [3.05, 3.63) is 35.9 Å². The molecule has 0 aliphatic rings. The third-order valence-corrected chi connectivity index (χ3v) is 3.56. The predicted octanol–water partition coefficient (Wildman–Crippen LogP) is 3.58. The van der Waals surface area contributed by atoms with Gasteiger partial charge in [-0.15, -0.1) is 0 Å². The molecule has 102 valence electrons. The van der Waals surface area contributed by atoms with Crippen LogP contribution in [0.2, 0.25) is 0 Å². The van der Waals surface area contributed by atoms with Crippen LogP contribution < -0.4 is 5.32 Å². The molecule has 0 fully saturated rings. The Hall–Kier alpha value is -0.860. The highest BCUT2D eigenvalue weighted by molar-refractivity contribution is 5.19. The molecule has 0 saturated heterocycles. The first kappa shape index (κ1) is 15.2. The van der Waals surface area contributed by atoms with Crippen LogP contribution in [0.15, 0.2) is 30.3 Å². The van der Waals surface area contributed by atoms with Crippen molar-refractivity contribution in [2.45, 2.75) is 45.1 Å². The molecule has 0 heterocycles. The van der Waals surface area contributed by atoms with Crippen LogP contribution >= 0.6 is 0 Å². The van der Waals surface area contributed by atoms with E-state index in [1.54, 1.807) is 7.11 Å². The zero-order valence-electron chi connectivity index (χ0n) is 12.2. The molecular weight excluding hydrogens is 222 g/mol. The topological polar surface area (TPSA) is 21.3 Å². The Morgan fingerprint density at radius 1 is 1.22 bits per heavy atom. The van der Waals surface area contributed by atoms with Gasteiger partial charge in [0, 0.05) is 13.7 Å². The van der Waals surface area contributed by atoms with Crippen LogP contribution in [0.5, 0.6) is 0 Å². The van der Waals surface area contributed by atoms with Gasteiger partial charge in [0.1, 0.15) is 0 Å². The van der Waals surface area contributed by atoms with Crippen LogP contribution in [0.25, 0.3) is 0 Å². The van der Waals surface area contributed by atoms with E-state index in [-0.39, 0.29) is 5.60 Å². The molecule has 0 aliphatic heterocycles. The molecule has 0 aromatic heterocycles. The van der Waals surface area contributed by atoms with Gasteiger partial charge < -0.3 is 10.1 Å². The summed E-state index contributed by atoms with van der Waals surface area (Å²) in [5.41, 5.74) is 1.39. The highest BCUT2D eigenvalue weighted by atomic mass is 16.5. The normalized spacial score (nSPS) is 13.6. The zero-order valence-corrected chi connectivity index (χ0v) is 12.2. The Balaban J connectivity index is 2.62. The van der Waals surface area contributed by atoms with Crippen molar-refractivity contribution in [3.8, 4) is 0 Å². The Bertz CT molecular complexity index is 321. The minimum atomic E-state index is -0.0285.